The minimum absolute atomic E-state index is 0.00122. The number of rotatable bonds is 6. The molecule has 6 heteroatoms. The number of oxazole rings is 1. The number of ether oxygens (including phenoxy) is 2. The van der Waals surface area contributed by atoms with E-state index >= 15 is 0 Å². The van der Waals surface area contributed by atoms with Crippen LogP contribution in [-0.4, -0.2) is 48.3 Å². The molecule has 0 N–H and O–H groups in total. The van der Waals surface area contributed by atoms with Crippen molar-refractivity contribution in [3.63, 3.8) is 0 Å². The van der Waals surface area contributed by atoms with Crippen LogP contribution in [0.25, 0.3) is 11.5 Å². The SMILES string of the molecule is CCOC(=O)C[C@@H]1COCCN1Cc1nc(-c2cccc(C)c2)oc1C. The summed E-state index contributed by atoms with van der Waals surface area (Å²) in [6, 6.07) is 8.12. The molecule has 0 unspecified atom stereocenters. The molecule has 0 aliphatic carbocycles. The molecular formula is C20H26N2O4. The lowest BCUT2D eigenvalue weighted by atomic mass is 10.1. The first-order valence-electron chi connectivity index (χ1n) is 9.07. The highest BCUT2D eigenvalue weighted by atomic mass is 16.5. The summed E-state index contributed by atoms with van der Waals surface area (Å²) in [5, 5.41) is 0. The van der Waals surface area contributed by atoms with E-state index in [0.717, 1.165) is 23.6 Å². The monoisotopic (exact) mass is 358 g/mol. The Morgan fingerprint density at radius 2 is 2.23 bits per heavy atom. The average molecular weight is 358 g/mol. The highest BCUT2D eigenvalue weighted by molar-refractivity contribution is 5.70. The summed E-state index contributed by atoms with van der Waals surface area (Å²) < 4.78 is 16.5. The molecule has 0 bridgehead atoms. The number of nitrogens with zero attached hydrogens (tertiary/aromatic N) is 2. The zero-order valence-corrected chi connectivity index (χ0v) is 15.7. The van der Waals surface area contributed by atoms with E-state index in [-0.39, 0.29) is 12.0 Å². The highest BCUT2D eigenvalue weighted by Crippen LogP contribution is 2.24. The van der Waals surface area contributed by atoms with Gasteiger partial charge < -0.3 is 13.9 Å². The molecule has 1 atom stereocenters. The van der Waals surface area contributed by atoms with Gasteiger partial charge in [0.2, 0.25) is 5.89 Å². The predicted molar refractivity (Wildman–Crippen MR) is 97.7 cm³/mol. The fourth-order valence-electron chi connectivity index (χ4n) is 3.17. The van der Waals surface area contributed by atoms with E-state index in [0.29, 0.717) is 38.7 Å². The lowest BCUT2D eigenvalue weighted by molar-refractivity contribution is -0.146. The first-order valence-corrected chi connectivity index (χ1v) is 9.07. The molecule has 1 aromatic heterocycles. The van der Waals surface area contributed by atoms with Crippen LogP contribution >= 0.6 is 0 Å². The molecule has 3 rings (SSSR count). The van der Waals surface area contributed by atoms with Gasteiger partial charge in [0.1, 0.15) is 5.76 Å². The van der Waals surface area contributed by atoms with Crippen LogP contribution in [0.3, 0.4) is 0 Å². The Hall–Kier alpha value is -2.18. The molecule has 26 heavy (non-hydrogen) atoms. The number of aromatic nitrogens is 1. The molecule has 6 nitrogen and oxygen atoms in total. The second-order valence-electron chi connectivity index (χ2n) is 6.60. The van der Waals surface area contributed by atoms with Crippen molar-refractivity contribution in [1.29, 1.82) is 0 Å². The van der Waals surface area contributed by atoms with Gasteiger partial charge in [-0.1, -0.05) is 17.7 Å². The Labute approximate surface area is 154 Å². The van der Waals surface area contributed by atoms with Gasteiger partial charge in [-0.05, 0) is 32.9 Å². The lowest BCUT2D eigenvalue weighted by Crippen LogP contribution is -2.46. The Balaban J connectivity index is 1.73. The maximum Gasteiger partial charge on any atom is 0.307 e. The molecule has 1 aromatic carbocycles. The smallest absolute Gasteiger partial charge is 0.307 e. The normalized spacial score (nSPS) is 18.0. The van der Waals surface area contributed by atoms with Crippen molar-refractivity contribution in [2.24, 2.45) is 0 Å². The van der Waals surface area contributed by atoms with Gasteiger partial charge in [-0.25, -0.2) is 4.98 Å². The molecule has 0 amide bonds. The molecule has 0 radical (unpaired) electrons. The largest absolute Gasteiger partial charge is 0.466 e. The minimum atomic E-state index is -0.190. The van der Waals surface area contributed by atoms with Crippen LogP contribution in [0.1, 0.15) is 30.4 Å². The van der Waals surface area contributed by atoms with Crippen molar-refractivity contribution in [3.05, 3.63) is 41.3 Å². The third kappa shape index (κ3) is 4.51. The molecule has 140 valence electrons. The van der Waals surface area contributed by atoms with Crippen LogP contribution in [0, 0.1) is 13.8 Å². The first kappa shape index (κ1) is 18.6. The number of esters is 1. The molecule has 1 fully saturated rings. The number of aryl methyl sites for hydroxylation is 2. The highest BCUT2D eigenvalue weighted by Gasteiger charge is 2.27. The Bertz CT molecular complexity index is 756. The number of hydrogen-bond donors (Lipinski definition) is 0. The van der Waals surface area contributed by atoms with E-state index in [4.69, 9.17) is 18.9 Å². The van der Waals surface area contributed by atoms with Gasteiger partial charge >= 0.3 is 5.97 Å². The number of carbonyl (C=O) groups excluding carboxylic acids is 1. The zero-order chi connectivity index (χ0) is 18.5. The molecule has 1 aliphatic rings. The maximum absolute atomic E-state index is 11.9. The molecular weight excluding hydrogens is 332 g/mol. The summed E-state index contributed by atoms with van der Waals surface area (Å²) in [7, 11) is 0. The average Bonchev–Trinajstić information content (AvgIpc) is 2.98. The molecule has 2 heterocycles. The maximum atomic E-state index is 11.9. The fourth-order valence-corrected chi connectivity index (χ4v) is 3.17. The summed E-state index contributed by atoms with van der Waals surface area (Å²) in [6.45, 7) is 8.77. The number of carbonyl (C=O) groups is 1. The van der Waals surface area contributed by atoms with E-state index in [1.54, 1.807) is 0 Å². The van der Waals surface area contributed by atoms with Gasteiger partial charge in [0.25, 0.3) is 0 Å². The third-order valence-electron chi connectivity index (χ3n) is 4.57. The van der Waals surface area contributed by atoms with Crippen molar-refractivity contribution in [3.8, 4) is 11.5 Å². The van der Waals surface area contributed by atoms with Gasteiger partial charge in [-0.3, -0.25) is 9.69 Å². The molecule has 0 spiro atoms. The summed E-state index contributed by atoms with van der Waals surface area (Å²) >= 11 is 0. The number of morpholine rings is 1. The summed E-state index contributed by atoms with van der Waals surface area (Å²) in [5.74, 6) is 1.25. The van der Waals surface area contributed by atoms with Gasteiger partial charge in [0.15, 0.2) is 0 Å². The van der Waals surface area contributed by atoms with Gasteiger partial charge in [0.05, 0.1) is 31.9 Å². The Kier molecular flexibility index (Phi) is 6.06. The van der Waals surface area contributed by atoms with Gasteiger partial charge in [-0.15, -0.1) is 0 Å². The van der Waals surface area contributed by atoms with E-state index < -0.39 is 0 Å². The Morgan fingerprint density at radius 3 is 3.00 bits per heavy atom. The third-order valence-corrected chi connectivity index (χ3v) is 4.57. The number of benzene rings is 1. The van der Waals surface area contributed by atoms with E-state index in [1.165, 1.54) is 5.56 Å². The Morgan fingerprint density at radius 1 is 1.38 bits per heavy atom. The molecule has 1 aliphatic heterocycles. The predicted octanol–water partition coefficient (Wildman–Crippen LogP) is 3.11. The number of hydrogen-bond acceptors (Lipinski definition) is 6. The van der Waals surface area contributed by atoms with Crippen LogP contribution in [0.5, 0.6) is 0 Å². The zero-order valence-electron chi connectivity index (χ0n) is 15.7. The van der Waals surface area contributed by atoms with Crippen LogP contribution < -0.4 is 0 Å². The van der Waals surface area contributed by atoms with Crippen LogP contribution in [0.15, 0.2) is 28.7 Å². The topological polar surface area (TPSA) is 64.8 Å². The summed E-state index contributed by atoms with van der Waals surface area (Å²) in [6.07, 6.45) is 0.329. The van der Waals surface area contributed by atoms with Crippen LogP contribution in [0.2, 0.25) is 0 Å². The van der Waals surface area contributed by atoms with Crippen molar-refractivity contribution < 1.29 is 18.7 Å². The minimum Gasteiger partial charge on any atom is -0.466 e. The standard InChI is InChI=1S/C20H26N2O4/c1-4-25-19(23)11-17-13-24-9-8-22(17)12-18-15(3)26-20(21-18)16-7-5-6-14(2)10-16/h5-7,10,17H,4,8-9,11-13H2,1-3H3/t17-/m1/s1. The van der Waals surface area contributed by atoms with Crippen molar-refractivity contribution in [2.75, 3.05) is 26.4 Å². The second-order valence-corrected chi connectivity index (χ2v) is 6.60. The van der Waals surface area contributed by atoms with Gasteiger partial charge in [0, 0.05) is 24.7 Å². The second kappa shape index (κ2) is 8.47. The van der Waals surface area contributed by atoms with Crippen molar-refractivity contribution >= 4 is 5.97 Å². The van der Waals surface area contributed by atoms with E-state index in [1.807, 2.05) is 39.0 Å². The molecule has 1 saturated heterocycles. The summed E-state index contributed by atoms with van der Waals surface area (Å²) in [4.78, 5) is 18.8. The van der Waals surface area contributed by atoms with E-state index in [9.17, 15) is 4.79 Å². The lowest BCUT2D eigenvalue weighted by Gasteiger charge is -2.34. The van der Waals surface area contributed by atoms with Crippen LogP contribution in [-0.2, 0) is 20.8 Å². The van der Waals surface area contributed by atoms with Crippen molar-refractivity contribution in [1.82, 2.24) is 9.88 Å². The van der Waals surface area contributed by atoms with Crippen molar-refractivity contribution in [2.45, 2.75) is 39.8 Å². The van der Waals surface area contributed by atoms with Crippen LogP contribution in [0.4, 0.5) is 0 Å². The first-order chi connectivity index (χ1) is 12.6. The van der Waals surface area contributed by atoms with Gasteiger partial charge in [-0.2, -0.15) is 0 Å². The summed E-state index contributed by atoms with van der Waals surface area (Å²) in [5.41, 5.74) is 3.05. The molecule has 0 saturated carbocycles. The molecule has 2 aromatic rings. The fraction of sp³-hybridized carbons (Fsp3) is 0.500. The quantitative estimate of drug-likeness (QED) is 0.739. The van der Waals surface area contributed by atoms with E-state index in [2.05, 4.69) is 11.0 Å².